The highest BCUT2D eigenvalue weighted by atomic mass is 15.1. The Bertz CT molecular complexity index is 172. The van der Waals surface area contributed by atoms with Gasteiger partial charge in [-0.1, -0.05) is 13.3 Å². The first-order valence-corrected chi connectivity index (χ1v) is 7.05. The Hall–Kier alpha value is -0.0800. The van der Waals surface area contributed by atoms with Gasteiger partial charge in [-0.15, -0.1) is 0 Å². The number of rotatable bonds is 6. The van der Waals surface area contributed by atoms with E-state index >= 15 is 0 Å². The van der Waals surface area contributed by atoms with Crippen LogP contribution >= 0.6 is 0 Å². The fourth-order valence-corrected chi connectivity index (χ4v) is 2.69. The molecule has 1 aliphatic rings. The van der Waals surface area contributed by atoms with E-state index in [-0.39, 0.29) is 0 Å². The molecule has 2 N–H and O–H groups in total. The first-order chi connectivity index (χ1) is 7.59. The van der Waals surface area contributed by atoms with Crippen molar-refractivity contribution in [1.29, 1.82) is 0 Å². The van der Waals surface area contributed by atoms with E-state index in [1.165, 1.54) is 51.5 Å². The average Bonchev–Trinajstić information content (AvgIpc) is 2.25. The van der Waals surface area contributed by atoms with Crippen LogP contribution in [0, 0.1) is 5.92 Å². The summed E-state index contributed by atoms with van der Waals surface area (Å²) < 4.78 is 0. The molecule has 1 aliphatic carbocycles. The summed E-state index contributed by atoms with van der Waals surface area (Å²) in [6, 6.07) is 1.23. The van der Waals surface area contributed by atoms with E-state index in [9.17, 15) is 0 Å². The van der Waals surface area contributed by atoms with Gasteiger partial charge in [0.1, 0.15) is 0 Å². The van der Waals surface area contributed by atoms with E-state index in [1.807, 2.05) is 0 Å². The van der Waals surface area contributed by atoms with Crippen LogP contribution in [0.2, 0.25) is 0 Å². The molecule has 0 radical (unpaired) electrons. The minimum Gasteiger partial charge on any atom is -0.328 e. The van der Waals surface area contributed by atoms with Crippen LogP contribution in [0.3, 0.4) is 0 Å². The largest absolute Gasteiger partial charge is 0.328 e. The lowest BCUT2D eigenvalue weighted by Gasteiger charge is -2.33. The van der Waals surface area contributed by atoms with Crippen LogP contribution in [0.4, 0.5) is 0 Å². The third-order valence-corrected chi connectivity index (χ3v) is 4.03. The zero-order valence-corrected chi connectivity index (χ0v) is 11.4. The van der Waals surface area contributed by atoms with Gasteiger partial charge in [0.25, 0.3) is 0 Å². The summed E-state index contributed by atoms with van der Waals surface area (Å²) in [4.78, 5) is 2.58. The highest BCUT2D eigenvalue weighted by molar-refractivity contribution is 4.76. The molecule has 1 saturated carbocycles. The SMILES string of the molecule is CC(N)CCCCN(C)C1CCC(C)CC1. The molecule has 0 aromatic carbocycles. The highest BCUT2D eigenvalue weighted by Gasteiger charge is 2.20. The van der Waals surface area contributed by atoms with Gasteiger partial charge in [-0.25, -0.2) is 0 Å². The Labute approximate surface area is 102 Å². The van der Waals surface area contributed by atoms with Gasteiger partial charge in [-0.2, -0.15) is 0 Å². The molecule has 16 heavy (non-hydrogen) atoms. The Morgan fingerprint density at radius 1 is 1.19 bits per heavy atom. The summed E-state index contributed by atoms with van der Waals surface area (Å²) in [5.74, 6) is 0.961. The van der Waals surface area contributed by atoms with E-state index in [0.717, 1.165) is 12.0 Å². The van der Waals surface area contributed by atoms with Crippen LogP contribution in [0.5, 0.6) is 0 Å². The van der Waals surface area contributed by atoms with Crippen LogP contribution < -0.4 is 5.73 Å². The number of hydrogen-bond acceptors (Lipinski definition) is 2. The molecule has 0 amide bonds. The van der Waals surface area contributed by atoms with Gasteiger partial charge in [0, 0.05) is 12.1 Å². The van der Waals surface area contributed by atoms with Crippen molar-refractivity contribution in [2.24, 2.45) is 11.7 Å². The summed E-state index contributed by atoms with van der Waals surface area (Å²) >= 11 is 0. The van der Waals surface area contributed by atoms with Crippen molar-refractivity contribution in [2.45, 2.75) is 70.9 Å². The Morgan fingerprint density at radius 2 is 1.81 bits per heavy atom. The predicted molar refractivity (Wildman–Crippen MR) is 71.6 cm³/mol. The highest BCUT2D eigenvalue weighted by Crippen LogP contribution is 2.26. The molecule has 0 heterocycles. The van der Waals surface area contributed by atoms with Crippen LogP contribution in [-0.4, -0.2) is 30.6 Å². The van der Waals surface area contributed by atoms with Gasteiger partial charge in [-0.3, -0.25) is 0 Å². The molecule has 0 spiro atoms. The summed E-state index contributed by atoms with van der Waals surface area (Å²) in [7, 11) is 2.30. The predicted octanol–water partition coefficient (Wildman–Crippen LogP) is 3.01. The lowest BCUT2D eigenvalue weighted by atomic mass is 9.87. The van der Waals surface area contributed by atoms with E-state index < -0.39 is 0 Å². The van der Waals surface area contributed by atoms with Crippen LogP contribution in [0.15, 0.2) is 0 Å². The summed E-state index contributed by atoms with van der Waals surface area (Å²) in [5, 5.41) is 0. The Kier molecular flexibility index (Phi) is 6.37. The lowest BCUT2D eigenvalue weighted by Crippen LogP contribution is -2.35. The van der Waals surface area contributed by atoms with Gasteiger partial charge in [0.15, 0.2) is 0 Å². The molecule has 1 rings (SSSR count). The molecule has 2 heteroatoms. The Morgan fingerprint density at radius 3 is 2.38 bits per heavy atom. The van der Waals surface area contributed by atoms with Crippen molar-refractivity contribution < 1.29 is 0 Å². The van der Waals surface area contributed by atoms with Crippen LogP contribution in [0.1, 0.15) is 58.8 Å². The van der Waals surface area contributed by atoms with Crippen molar-refractivity contribution >= 4 is 0 Å². The topological polar surface area (TPSA) is 29.3 Å². The zero-order chi connectivity index (χ0) is 12.0. The molecule has 1 unspecified atom stereocenters. The van der Waals surface area contributed by atoms with E-state index in [1.54, 1.807) is 0 Å². The third-order valence-electron chi connectivity index (χ3n) is 4.03. The van der Waals surface area contributed by atoms with E-state index in [0.29, 0.717) is 6.04 Å². The standard InChI is InChI=1S/C14H30N2/c1-12-7-9-14(10-8-12)16(3)11-5-4-6-13(2)15/h12-14H,4-11,15H2,1-3H3. The molecule has 1 atom stereocenters. The number of unbranched alkanes of at least 4 members (excludes halogenated alkanes) is 1. The molecule has 0 aromatic heterocycles. The quantitative estimate of drug-likeness (QED) is 0.705. The molecule has 1 fully saturated rings. The van der Waals surface area contributed by atoms with Crippen molar-refractivity contribution in [3.05, 3.63) is 0 Å². The minimum atomic E-state index is 0.376. The van der Waals surface area contributed by atoms with E-state index in [2.05, 4.69) is 25.8 Å². The molecule has 2 nitrogen and oxygen atoms in total. The molecule has 0 aromatic rings. The smallest absolute Gasteiger partial charge is 0.00924 e. The maximum Gasteiger partial charge on any atom is 0.00924 e. The Balaban J connectivity index is 2.08. The van der Waals surface area contributed by atoms with Gasteiger partial charge < -0.3 is 10.6 Å². The van der Waals surface area contributed by atoms with Crippen LogP contribution in [0.25, 0.3) is 0 Å². The maximum atomic E-state index is 5.75. The first kappa shape index (κ1) is 14.0. The summed E-state index contributed by atoms with van der Waals surface area (Å²) in [5.41, 5.74) is 5.75. The number of nitrogens with zero attached hydrogens (tertiary/aromatic N) is 1. The minimum absolute atomic E-state index is 0.376. The van der Waals surface area contributed by atoms with Gasteiger partial charge in [-0.05, 0) is 65.0 Å². The summed E-state index contributed by atoms with van der Waals surface area (Å²) in [6.07, 6.45) is 9.43. The fraction of sp³-hybridized carbons (Fsp3) is 1.00. The van der Waals surface area contributed by atoms with Crippen molar-refractivity contribution in [1.82, 2.24) is 4.90 Å². The maximum absolute atomic E-state index is 5.75. The van der Waals surface area contributed by atoms with Gasteiger partial charge >= 0.3 is 0 Å². The van der Waals surface area contributed by atoms with Crippen molar-refractivity contribution in [2.75, 3.05) is 13.6 Å². The second-order valence-corrected chi connectivity index (χ2v) is 5.87. The second-order valence-electron chi connectivity index (χ2n) is 5.87. The average molecular weight is 226 g/mol. The molecule has 0 bridgehead atoms. The van der Waals surface area contributed by atoms with E-state index in [4.69, 9.17) is 5.73 Å². The number of hydrogen-bond donors (Lipinski definition) is 1. The molecular weight excluding hydrogens is 196 g/mol. The van der Waals surface area contributed by atoms with Crippen molar-refractivity contribution in [3.8, 4) is 0 Å². The fourth-order valence-electron chi connectivity index (χ4n) is 2.69. The zero-order valence-electron chi connectivity index (χ0n) is 11.4. The normalized spacial score (nSPS) is 28.3. The molecule has 0 saturated heterocycles. The van der Waals surface area contributed by atoms with Crippen molar-refractivity contribution in [3.63, 3.8) is 0 Å². The third kappa shape index (κ3) is 5.31. The lowest BCUT2D eigenvalue weighted by molar-refractivity contribution is 0.167. The molecule has 96 valence electrons. The summed E-state index contributed by atoms with van der Waals surface area (Å²) in [6.45, 7) is 5.75. The van der Waals surface area contributed by atoms with Gasteiger partial charge in [0.05, 0.1) is 0 Å². The molecular formula is C14H30N2. The molecule has 0 aliphatic heterocycles. The second kappa shape index (κ2) is 7.29. The van der Waals surface area contributed by atoms with Crippen LogP contribution in [-0.2, 0) is 0 Å². The number of nitrogens with two attached hydrogens (primary N) is 1. The first-order valence-electron chi connectivity index (χ1n) is 7.05. The monoisotopic (exact) mass is 226 g/mol. The van der Waals surface area contributed by atoms with Gasteiger partial charge in [0.2, 0.25) is 0 Å².